The standard InChI is InChI=1S/C14H20O/c1-13(2)6-9-4-10-5-11(15)7-14(10,3)12(9)8-13/h5,9,12H,4,6-8H2,1-3H3/t9-,12-,14+/m0/s1. The molecule has 0 saturated heterocycles. The third-order valence-corrected chi connectivity index (χ3v) is 5.07. The monoisotopic (exact) mass is 204 g/mol. The molecule has 0 aromatic rings. The van der Waals surface area contributed by atoms with Crippen molar-refractivity contribution in [1.29, 1.82) is 0 Å². The van der Waals surface area contributed by atoms with E-state index in [-0.39, 0.29) is 5.41 Å². The van der Waals surface area contributed by atoms with Gasteiger partial charge in [0.05, 0.1) is 0 Å². The smallest absolute Gasteiger partial charge is 0.156 e. The van der Waals surface area contributed by atoms with Crippen LogP contribution in [0.2, 0.25) is 0 Å². The fourth-order valence-electron chi connectivity index (χ4n) is 4.49. The van der Waals surface area contributed by atoms with Gasteiger partial charge in [-0.3, -0.25) is 4.79 Å². The predicted molar refractivity (Wildman–Crippen MR) is 60.4 cm³/mol. The summed E-state index contributed by atoms with van der Waals surface area (Å²) in [5.41, 5.74) is 2.23. The second-order valence-corrected chi connectivity index (χ2v) is 6.87. The van der Waals surface area contributed by atoms with Crippen LogP contribution in [0, 0.1) is 22.7 Å². The van der Waals surface area contributed by atoms with Crippen molar-refractivity contribution in [2.24, 2.45) is 22.7 Å². The molecule has 0 N–H and O–H groups in total. The lowest BCUT2D eigenvalue weighted by Crippen LogP contribution is -2.24. The Kier molecular flexibility index (Phi) is 1.64. The third kappa shape index (κ3) is 1.18. The zero-order valence-electron chi connectivity index (χ0n) is 9.97. The van der Waals surface area contributed by atoms with Gasteiger partial charge in [-0.25, -0.2) is 0 Å². The van der Waals surface area contributed by atoms with Gasteiger partial charge in [-0.05, 0) is 48.0 Å². The Morgan fingerprint density at radius 2 is 2.00 bits per heavy atom. The van der Waals surface area contributed by atoms with Crippen LogP contribution in [-0.4, -0.2) is 5.78 Å². The normalized spacial score (nSPS) is 46.6. The molecule has 3 aliphatic rings. The molecule has 0 heterocycles. The summed E-state index contributed by atoms with van der Waals surface area (Å²) >= 11 is 0. The number of rotatable bonds is 0. The molecule has 0 aromatic carbocycles. The average Bonchev–Trinajstić information content (AvgIpc) is 2.58. The van der Waals surface area contributed by atoms with Gasteiger partial charge >= 0.3 is 0 Å². The summed E-state index contributed by atoms with van der Waals surface area (Å²) in [5.74, 6) is 2.02. The van der Waals surface area contributed by atoms with Crippen molar-refractivity contribution in [3.63, 3.8) is 0 Å². The van der Waals surface area contributed by atoms with Crippen molar-refractivity contribution in [3.8, 4) is 0 Å². The van der Waals surface area contributed by atoms with Gasteiger partial charge in [-0.1, -0.05) is 26.3 Å². The lowest BCUT2D eigenvalue weighted by molar-refractivity contribution is -0.115. The van der Waals surface area contributed by atoms with E-state index in [1.165, 1.54) is 24.8 Å². The van der Waals surface area contributed by atoms with Gasteiger partial charge in [0.1, 0.15) is 0 Å². The van der Waals surface area contributed by atoms with Crippen molar-refractivity contribution < 1.29 is 4.79 Å². The Labute approximate surface area is 91.9 Å². The summed E-state index contributed by atoms with van der Waals surface area (Å²) in [6, 6.07) is 0. The minimum Gasteiger partial charge on any atom is -0.295 e. The van der Waals surface area contributed by atoms with E-state index in [4.69, 9.17) is 0 Å². The molecule has 2 saturated carbocycles. The Hall–Kier alpha value is -0.590. The van der Waals surface area contributed by atoms with Crippen LogP contribution in [0.1, 0.15) is 46.5 Å². The Morgan fingerprint density at radius 1 is 1.27 bits per heavy atom. The highest BCUT2D eigenvalue weighted by molar-refractivity contribution is 5.94. The molecule has 3 aliphatic carbocycles. The summed E-state index contributed by atoms with van der Waals surface area (Å²) in [6.45, 7) is 7.10. The van der Waals surface area contributed by atoms with Gasteiger partial charge in [0.15, 0.2) is 5.78 Å². The average molecular weight is 204 g/mol. The lowest BCUT2D eigenvalue weighted by Gasteiger charge is -2.30. The number of carbonyl (C=O) groups is 1. The third-order valence-electron chi connectivity index (χ3n) is 5.07. The molecule has 2 fully saturated rings. The first-order valence-corrected chi connectivity index (χ1v) is 6.15. The van der Waals surface area contributed by atoms with E-state index in [0.29, 0.717) is 11.2 Å². The van der Waals surface area contributed by atoms with Crippen LogP contribution in [0.5, 0.6) is 0 Å². The van der Waals surface area contributed by atoms with Crippen LogP contribution in [0.15, 0.2) is 11.6 Å². The number of carbonyl (C=O) groups excluding carboxylic acids is 1. The largest absolute Gasteiger partial charge is 0.295 e. The molecule has 82 valence electrons. The van der Waals surface area contributed by atoms with Gasteiger partial charge in [0.2, 0.25) is 0 Å². The van der Waals surface area contributed by atoms with Crippen molar-refractivity contribution in [3.05, 3.63) is 11.6 Å². The molecule has 15 heavy (non-hydrogen) atoms. The maximum Gasteiger partial charge on any atom is 0.156 e. The van der Waals surface area contributed by atoms with E-state index < -0.39 is 0 Å². The van der Waals surface area contributed by atoms with Crippen LogP contribution >= 0.6 is 0 Å². The van der Waals surface area contributed by atoms with E-state index in [1.54, 1.807) is 0 Å². The van der Waals surface area contributed by atoms with Gasteiger partial charge in [-0.2, -0.15) is 0 Å². The molecule has 0 amide bonds. The van der Waals surface area contributed by atoms with E-state index in [1.807, 2.05) is 6.08 Å². The van der Waals surface area contributed by atoms with Crippen molar-refractivity contribution in [2.75, 3.05) is 0 Å². The molecule has 0 radical (unpaired) electrons. The summed E-state index contributed by atoms with van der Waals surface area (Å²) < 4.78 is 0. The lowest BCUT2D eigenvalue weighted by atomic mass is 9.74. The molecule has 0 unspecified atom stereocenters. The van der Waals surface area contributed by atoms with Crippen LogP contribution in [-0.2, 0) is 4.79 Å². The fourth-order valence-corrected chi connectivity index (χ4v) is 4.49. The first kappa shape index (κ1) is 9.62. The quantitative estimate of drug-likeness (QED) is 0.591. The van der Waals surface area contributed by atoms with Crippen molar-refractivity contribution in [2.45, 2.75) is 46.5 Å². The SMILES string of the molecule is CC1(C)C[C@@H]2CC3=CC(=O)C[C@@]3(C)[C@H]2C1. The minimum absolute atomic E-state index is 0.246. The van der Waals surface area contributed by atoms with E-state index in [2.05, 4.69) is 20.8 Å². The first-order chi connectivity index (χ1) is 6.91. The zero-order valence-corrected chi connectivity index (χ0v) is 9.97. The highest BCUT2D eigenvalue weighted by atomic mass is 16.1. The van der Waals surface area contributed by atoms with Gasteiger partial charge in [-0.15, -0.1) is 0 Å². The van der Waals surface area contributed by atoms with Gasteiger partial charge in [0, 0.05) is 6.42 Å². The fraction of sp³-hybridized carbons (Fsp3) is 0.786. The van der Waals surface area contributed by atoms with Crippen LogP contribution in [0.4, 0.5) is 0 Å². The Bertz CT molecular complexity index is 364. The van der Waals surface area contributed by atoms with Crippen LogP contribution < -0.4 is 0 Å². The molecule has 3 rings (SSSR count). The molecule has 0 spiro atoms. The molecule has 1 heteroatoms. The first-order valence-electron chi connectivity index (χ1n) is 6.15. The number of allylic oxidation sites excluding steroid dienone is 2. The zero-order chi connectivity index (χ0) is 10.8. The highest BCUT2D eigenvalue weighted by Gasteiger charge is 2.56. The number of ketones is 1. The summed E-state index contributed by atoms with van der Waals surface area (Å²) in [7, 11) is 0. The van der Waals surface area contributed by atoms with Gasteiger partial charge < -0.3 is 0 Å². The highest BCUT2D eigenvalue weighted by Crippen LogP contribution is 2.64. The predicted octanol–water partition coefficient (Wildman–Crippen LogP) is 3.35. The molecular weight excluding hydrogens is 184 g/mol. The molecule has 1 nitrogen and oxygen atoms in total. The summed E-state index contributed by atoms with van der Waals surface area (Å²) in [5, 5.41) is 0. The number of hydrogen-bond donors (Lipinski definition) is 0. The Balaban J connectivity index is 1.96. The number of hydrogen-bond acceptors (Lipinski definition) is 1. The van der Waals surface area contributed by atoms with Crippen molar-refractivity contribution >= 4 is 5.78 Å². The second kappa shape index (κ2) is 2.56. The topological polar surface area (TPSA) is 17.1 Å². The second-order valence-electron chi connectivity index (χ2n) is 6.87. The molecule has 3 atom stereocenters. The summed E-state index contributed by atoms with van der Waals surface area (Å²) in [6.07, 6.45) is 6.62. The number of fused-ring (bicyclic) bond motifs is 3. The molecular formula is C14H20O. The Morgan fingerprint density at radius 3 is 2.73 bits per heavy atom. The maximum absolute atomic E-state index is 11.5. The van der Waals surface area contributed by atoms with Crippen molar-refractivity contribution in [1.82, 2.24) is 0 Å². The minimum atomic E-state index is 0.246. The van der Waals surface area contributed by atoms with E-state index in [0.717, 1.165) is 18.3 Å². The van der Waals surface area contributed by atoms with Gasteiger partial charge in [0.25, 0.3) is 0 Å². The summed E-state index contributed by atoms with van der Waals surface area (Å²) in [4.78, 5) is 11.5. The maximum atomic E-state index is 11.5. The van der Waals surface area contributed by atoms with Crippen LogP contribution in [0.3, 0.4) is 0 Å². The van der Waals surface area contributed by atoms with Crippen LogP contribution in [0.25, 0.3) is 0 Å². The van der Waals surface area contributed by atoms with E-state index >= 15 is 0 Å². The molecule has 0 aromatic heterocycles. The molecule has 0 bridgehead atoms. The molecule has 0 aliphatic heterocycles. The van der Waals surface area contributed by atoms with E-state index in [9.17, 15) is 4.79 Å².